The van der Waals surface area contributed by atoms with Crippen LogP contribution in [0.4, 0.5) is 0 Å². The highest BCUT2D eigenvalue weighted by molar-refractivity contribution is 7.90. The van der Waals surface area contributed by atoms with Gasteiger partial charge >= 0.3 is 0 Å². The Bertz CT molecular complexity index is 513. The Morgan fingerprint density at radius 3 is 2.63 bits per heavy atom. The largest absolute Gasteiger partial charge is 0.497 e. The van der Waals surface area contributed by atoms with Crippen molar-refractivity contribution in [2.45, 2.75) is 18.2 Å². The van der Waals surface area contributed by atoms with Gasteiger partial charge in [0.2, 0.25) is 10.0 Å². The third-order valence-corrected chi connectivity index (χ3v) is 5.35. The number of rotatable bonds is 5. The molecule has 1 N–H and O–H groups in total. The van der Waals surface area contributed by atoms with Crippen molar-refractivity contribution >= 4 is 10.0 Å². The lowest BCUT2D eigenvalue weighted by Crippen LogP contribution is -2.34. The van der Waals surface area contributed by atoms with E-state index in [1.165, 1.54) is 12.6 Å². The quantitative estimate of drug-likeness (QED) is 0.869. The molecule has 1 atom stereocenters. The van der Waals surface area contributed by atoms with Crippen molar-refractivity contribution in [3.8, 4) is 5.75 Å². The molecular weight excluding hydrogens is 264 g/mol. The molecule has 2 rings (SSSR count). The topological polar surface area (TPSA) is 58.6 Å². The fourth-order valence-corrected chi connectivity index (χ4v) is 3.51. The maximum atomic E-state index is 11.7. The minimum Gasteiger partial charge on any atom is -0.497 e. The summed E-state index contributed by atoms with van der Waals surface area (Å²) in [6.45, 7) is 2.19. The number of benzene rings is 1. The van der Waals surface area contributed by atoms with Gasteiger partial charge in [-0.3, -0.25) is 4.90 Å². The zero-order chi connectivity index (χ0) is 13.9. The Kier molecular flexibility index (Phi) is 4.44. The van der Waals surface area contributed by atoms with Gasteiger partial charge in [-0.25, -0.2) is 13.1 Å². The van der Waals surface area contributed by atoms with Crippen LogP contribution in [-0.2, 0) is 16.6 Å². The molecule has 1 aliphatic heterocycles. The van der Waals surface area contributed by atoms with Crippen molar-refractivity contribution in [1.82, 2.24) is 9.62 Å². The fraction of sp³-hybridized carbons (Fsp3) is 0.538. The summed E-state index contributed by atoms with van der Waals surface area (Å²) in [6.07, 6.45) is 0.694. The Hall–Kier alpha value is -1.11. The van der Waals surface area contributed by atoms with Crippen LogP contribution in [0.5, 0.6) is 5.75 Å². The summed E-state index contributed by atoms with van der Waals surface area (Å²) in [7, 11) is -0.0302. The van der Waals surface area contributed by atoms with Gasteiger partial charge in [-0.15, -0.1) is 0 Å². The minimum absolute atomic E-state index is 0.296. The van der Waals surface area contributed by atoms with Crippen LogP contribution in [0.3, 0.4) is 0 Å². The normalized spacial score (nSPS) is 20.6. The SMILES string of the molecule is CNS(=O)(=O)C1CCN(Cc2ccc(OC)cc2)C1. The fourth-order valence-electron chi connectivity index (χ4n) is 2.35. The highest BCUT2D eigenvalue weighted by atomic mass is 32.2. The van der Waals surface area contributed by atoms with Crippen LogP contribution in [0.2, 0.25) is 0 Å². The van der Waals surface area contributed by atoms with Gasteiger partial charge in [0.15, 0.2) is 0 Å². The molecule has 1 heterocycles. The van der Waals surface area contributed by atoms with Gasteiger partial charge in [-0.1, -0.05) is 12.1 Å². The Balaban J connectivity index is 1.94. The molecule has 1 aliphatic rings. The molecule has 0 spiro atoms. The summed E-state index contributed by atoms with van der Waals surface area (Å²) >= 11 is 0. The molecule has 0 saturated carbocycles. The Labute approximate surface area is 114 Å². The predicted molar refractivity (Wildman–Crippen MR) is 74.7 cm³/mol. The average Bonchev–Trinajstić information content (AvgIpc) is 2.89. The molecule has 1 unspecified atom stereocenters. The van der Waals surface area contributed by atoms with Gasteiger partial charge in [-0.2, -0.15) is 0 Å². The zero-order valence-corrected chi connectivity index (χ0v) is 12.1. The summed E-state index contributed by atoms with van der Waals surface area (Å²) in [5.74, 6) is 0.834. The summed E-state index contributed by atoms with van der Waals surface area (Å²) < 4.78 is 31.0. The summed E-state index contributed by atoms with van der Waals surface area (Å²) in [4.78, 5) is 2.17. The number of sulfonamides is 1. The van der Waals surface area contributed by atoms with E-state index in [0.29, 0.717) is 13.0 Å². The first-order valence-corrected chi connectivity index (χ1v) is 7.87. The van der Waals surface area contributed by atoms with Crippen molar-refractivity contribution in [2.75, 3.05) is 27.2 Å². The van der Waals surface area contributed by atoms with Crippen molar-refractivity contribution in [1.29, 1.82) is 0 Å². The third kappa shape index (κ3) is 3.46. The van der Waals surface area contributed by atoms with Crippen LogP contribution in [0.25, 0.3) is 0 Å². The van der Waals surface area contributed by atoms with Gasteiger partial charge < -0.3 is 4.74 Å². The Morgan fingerprint density at radius 1 is 1.37 bits per heavy atom. The number of nitrogens with zero attached hydrogens (tertiary/aromatic N) is 1. The first-order valence-electron chi connectivity index (χ1n) is 6.33. The van der Waals surface area contributed by atoms with E-state index in [2.05, 4.69) is 9.62 Å². The third-order valence-electron chi connectivity index (χ3n) is 3.52. The van der Waals surface area contributed by atoms with Crippen molar-refractivity contribution in [2.24, 2.45) is 0 Å². The van der Waals surface area contributed by atoms with E-state index in [4.69, 9.17) is 4.74 Å². The molecule has 0 radical (unpaired) electrons. The molecule has 1 saturated heterocycles. The number of methoxy groups -OCH3 is 1. The van der Waals surface area contributed by atoms with Crippen LogP contribution in [0.1, 0.15) is 12.0 Å². The van der Waals surface area contributed by atoms with E-state index in [1.54, 1.807) is 7.11 Å². The number of hydrogen-bond acceptors (Lipinski definition) is 4. The van der Waals surface area contributed by atoms with Crippen LogP contribution < -0.4 is 9.46 Å². The lowest BCUT2D eigenvalue weighted by molar-refractivity contribution is 0.331. The standard InChI is InChI=1S/C13H20N2O3S/c1-14-19(16,17)13-7-8-15(10-13)9-11-3-5-12(18-2)6-4-11/h3-6,13-14H,7-10H2,1-2H3. The monoisotopic (exact) mass is 284 g/mol. The van der Waals surface area contributed by atoms with Gasteiger partial charge in [0, 0.05) is 13.1 Å². The van der Waals surface area contributed by atoms with Crippen molar-refractivity contribution in [3.05, 3.63) is 29.8 Å². The van der Waals surface area contributed by atoms with E-state index < -0.39 is 10.0 Å². The van der Waals surface area contributed by atoms with E-state index in [9.17, 15) is 8.42 Å². The first kappa shape index (κ1) is 14.3. The van der Waals surface area contributed by atoms with Crippen LogP contribution in [-0.4, -0.2) is 45.8 Å². The van der Waals surface area contributed by atoms with E-state index >= 15 is 0 Å². The molecule has 1 aromatic rings. The second-order valence-electron chi connectivity index (χ2n) is 4.74. The maximum absolute atomic E-state index is 11.7. The lowest BCUT2D eigenvalue weighted by Gasteiger charge is -2.16. The number of hydrogen-bond donors (Lipinski definition) is 1. The molecule has 0 amide bonds. The van der Waals surface area contributed by atoms with E-state index in [1.807, 2.05) is 24.3 Å². The summed E-state index contributed by atoms with van der Waals surface area (Å²) in [6, 6.07) is 7.87. The van der Waals surface area contributed by atoms with E-state index in [0.717, 1.165) is 18.8 Å². The van der Waals surface area contributed by atoms with E-state index in [-0.39, 0.29) is 5.25 Å². The molecule has 1 aromatic carbocycles. The Morgan fingerprint density at radius 2 is 2.05 bits per heavy atom. The molecule has 1 fully saturated rings. The molecule has 0 aliphatic carbocycles. The second kappa shape index (κ2) is 5.90. The minimum atomic E-state index is -3.15. The molecule has 6 heteroatoms. The van der Waals surface area contributed by atoms with Crippen LogP contribution in [0, 0.1) is 0 Å². The second-order valence-corrected chi connectivity index (χ2v) is 6.91. The highest BCUT2D eigenvalue weighted by Gasteiger charge is 2.31. The van der Waals surface area contributed by atoms with Gasteiger partial charge in [-0.05, 0) is 37.7 Å². The molecule has 19 heavy (non-hydrogen) atoms. The first-order chi connectivity index (χ1) is 9.05. The molecule has 106 valence electrons. The van der Waals surface area contributed by atoms with Crippen molar-refractivity contribution in [3.63, 3.8) is 0 Å². The van der Waals surface area contributed by atoms with Gasteiger partial charge in [0.25, 0.3) is 0 Å². The molecular formula is C13H20N2O3S. The molecule has 5 nitrogen and oxygen atoms in total. The average molecular weight is 284 g/mol. The van der Waals surface area contributed by atoms with Gasteiger partial charge in [0.1, 0.15) is 5.75 Å². The summed E-state index contributed by atoms with van der Waals surface area (Å²) in [5, 5.41) is -0.296. The van der Waals surface area contributed by atoms with Crippen molar-refractivity contribution < 1.29 is 13.2 Å². The van der Waals surface area contributed by atoms with Crippen LogP contribution in [0.15, 0.2) is 24.3 Å². The molecule has 0 bridgehead atoms. The lowest BCUT2D eigenvalue weighted by atomic mass is 10.2. The number of ether oxygens (including phenoxy) is 1. The maximum Gasteiger partial charge on any atom is 0.215 e. The predicted octanol–water partition coefficient (Wildman–Crippen LogP) is 0.819. The zero-order valence-electron chi connectivity index (χ0n) is 11.3. The van der Waals surface area contributed by atoms with Gasteiger partial charge in [0.05, 0.1) is 12.4 Å². The smallest absolute Gasteiger partial charge is 0.215 e. The molecule has 0 aromatic heterocycles. The highest BCUT2D eigenvalue weighted by Crippen LogP contribution is 2.19. The number of nitrogens with one attached hydrogen (secondary N) is 1. The van der Waals surface area contributed by atoms with Crippen LogP contribution >= 0.6 is 0 Å². The number of likely N-dealkylation sites (tertiary alicyclic amines) is 1. The summed E-state index contributed by atoms with van der Waals surface area (Å²) in [5.41, 5.74) is 1.17.